The van der Waals surface area contributed by atoms with Crippen molar-refractivity contribution in [3.8, 4) is 0 Å². The maximum absolute atomic E-state index is 11.1. The molecule has 0 saturated carbocycles. The number of aromatic nitrogens is 1. The highest BCUT2D eigenvalue weighted by Gasteiger charge is 2.08. The molecule has 1 aromatic rings. The van der Waals surface area contributed by atoms with E-state index in [1.807, 2.05) is 0 Å². The third kappa shape index (κ3) is 2.78. The minimum Gasteiger partial charge on any atom is -0.370 e. The molecular weight excluding hydrogens is 256 g/mol. The van der Waals surface area contributed by atoms with Gasteiger partial charge in [-0.15, -0.1) is 11.3 Å². The summed E-state index contributed by atoms with van der Waals surface area (Å²) in [6, 6.07) is 0. The van der Waals surface area contributed by atoms with E-state index in [4.69, 9.17) is 11.5 Å². The molecule has 0 radical (unpaired) electrons. The Hall–Kier alpha value is -0.950. The van der Waals surface area contributed by atoms with Crippen LogP contribution in [0.25, 0.3) is 0 Å². The molecule has 1 heterocycles. The molecule has 0 unspecified atom stereocenters. The molecule has 7 heteroatoms. The average molecular weight is 263 g/mol. The summed E-state index contributed by atoms with van der Waals surface area (Å²) < 4.78 is 0. The van der Waals surface area contributed by atoms with Gasteiger partial charge >= 0.3 is 0 Å². The van der Waals surface area contributed by atoms with Gasteiger partial charge in [-0.2, -0.15) is 4.99 Å². The standard InChI is InChI=1S/C6H7BrN4OS/c7-1-4(12)3-2-13-6(10-3)11-5(8)9/h2H,1H2,(H4,8,9,10,11). The maximum atomic E-state index is 11.1. The topological polar surface area (TPSA) is 94.4 Å². The van der Waals surface area contributed by atoms with E-state index in [-0.39, 0.29) is 17.1 Å². The smallest absolute Gasteiger partial charge is 0.212 e. The highest BCUT2D eigenvalue weighted by Crippen LogP contribution is 2.18. The lowest BCUT2D eigenvalue weighted by Crippen LogP contribution is -2.21. The van der Waals surface area contributed by atoms with Gasteiger partial charge in [0.15, 0.2) is 11.7 Å². The van der Waals surface area contributed by atoms with E-state index in [9.17, 15) is 4.79 Å². The molecule has 0 amide bonds. The summed E-state index contributed by atoms with van der Waals surface area (Å²) in [6.45, 7) is 0. The van der Waals surface area contributed by atoms with Gasteiger partial charge in [-0.1, -0.05) is 15.9 Å². The minimum atomic E-state index is -0.0895. The number of guanidine groups is 1. The van der Waals surface area contributed by atoms with Crippen molar-refractivity contribution in [3.05, 3.63) is 11.1 Å². The minimum absolute atomic E-state index is 0.0628. The second-order valence-electron chi connectivity index (χ2n) is 2.11. The van der Waals surface area contributed by atoms with Gasteiger partial charge in [0.05, 0.1) is 5.33 Å². The number of halogens is 1. The lowest BCUT2D eigenvalue weighted by atomic mass is 10.4. The van der Waals surface area contributed by atoms with E-state index in [1.54, 1.807) is 5.38 Å². The average Bonchev–Trinajstić information content (AvgIpc) is 2.50. The van der Waals surface area contributed by atoms with E-state index in [2.05, 4.69) is 25.9 Å². The van der Waals surface area contributed by atoms with Crippen molar-refractivity contribution in [3.63, 3.8) is 0 Å². The van der Waals surface area contributed by atoms with E-state index in [0.717, 1.165) is 0 Å². The van der Waals surface area contributed by atoms with Crippen LogP contribution >= 0.6 is 27.3 Å². The van der Waals surface area contributed by atoms with E-state index < -0.39 is 0 Å². The first-order chi connectivity index (χ1) is 6.13. The summed E-state index contributed by atoms with van der Waals surface area (Å²) in [5, 5.41) is 2.26. The molecule has 0 aliphatic carbocycles. The number of ketones is 1. The Kier molecular flexibility index (Phi) is 3.38. The Balaban J connectivity index is 2.87. The monoisotopic (exact) mass is 262 g/mol. The van der Waals surface area contributed by atoms with Crippen LogP contribution in [0.5, 0.6) is 0 Å². The Morgan fingerprint density at radius 3 is 2.92 bits per heavy atom. The summed E-state index contributed by atoms with van der Waals surface area (Å²) in [5.74, 6) is -0.152. The molecule has 70 valence electrons. The van der Waals surface area contributed by atoms with Gasteiger partial charge in [0.1, 0.15) is 5.69 Å². The first-order valence-corrected chi connectivity index (χ1v) is 5.28. The van der Waals surface area contributed by atoms with Crippen LogP contribution in [-0.2, 0) is 0 Å². The van der Waals surface area contributed by atoms with Crippen molar-refractivity contribution >= 4 is 44.1 Å². The molecule has 1 aromatic heterocycles. The van der Waals surface area contributed by atoms with Gasteiger partial charge < -0.3 is 11.5 Å². The Bertz CT molecular complexity index is 344. The molecule has 0 fully saturated rings. The largest absolute Gasteiger partial charge is 0.370 e. The number of carbonyl (C=O) groups excluding carboxylic acids is 1. The molecule has 13 heavy (non-hydrogen) atoms. The second-order valence-corrected chi connectivity index (χ2v) is 3.51. The summed E-state index contributed by atoms with van der Waals surface area (Å²) in [6.07, 6.45) is 0. The molecular formula is C6H7BrN4OS. The number of nitrogens with zero attached hydrogens (tertiary/aromatic N) is 2. The Morgan fingerprint density at radius 1 is 1.69 bits per heavy atom. The number of hydrogen-bond donors (Lipinski definition) is 2. The number of aliphatic imine (C=N–C) groups is 1. The molecule has 4 N–H and O–H groups in total. The highest BCUT2D eigenvalue weighted by atomic mass is 79.9. The van der Waals surface area contributed by atoms with Gasteiger partial charge in [0, 0.05) is 5.38 Å². The predicted molar refractivity (Wildman–Crippen MR) is 55.7 cm³/mol. The summed E-state index contributed by atoms with van der Waals surface area (Å²) >= 11 is 4.26. The molecule has 0 atom stereocenters. The predicted octanol–water partition coefficient (Wildman–Crippen LogP) is 0.626. The van der Waals surface area contributed by atoms with Crippen molar-refractivity contribution in [1.82, 2.24) is 4.98 Å². The molecule has 0 aromatic carbocycles. The van der Waals surface area contributed by atoms with Crippen LogP contribution in [0.1, 0.15) is 10.5 Å². The molecule has 0 aliphatic rings. The maximum Gasteiger partial charge on any atom is 0.212 e. The van der Waals surface area contributed by atoms with E-state index in [1.165, 1.54) is 11.3 Å². The fourth-order valence-electron chi connectivity index (χ4n) is 0.623. The molecule has 0 aliphatic heterocycles. The fraction of sp³-hybridized carbons (Fsp3) is 0.167. The third-order valence-corrected chi connectivity index (χ3v) is 2.37. The number of thiazole rings is 1. The number of hydrogen-bond acceptors (Lipinski definition) is 4. The van der Waals surface area contributed by atoms with Crippen molar-refractivity contribution < 1.29 is 4.79 Å². The van der Waals surface area contributed by atoms with Crippen LogP contribution in [0.4, 0.5) is 5.13 Å². The van der Waals surface area contributed by atoms with E-state index in [0.29, 0.717) is 10.8 Å². The van der Waals surface area contributed by atoms with Gasteiger partial charge in [0.2, 0.25) is 5.13 Å². The number of rotatable bonds is 3. The summed E-state index contributed by atoms with van der Waals surface area (Å²) in [7, 11) is 0. The van der Waals surface area contributed by atoms with Crippen LogP contribution in [0.3, 0.4) is 0 Å². The van der Waals surface area contributed by atoms with Gasteiger partial charge in [-0.3, -0.25) is 4.79 Å². The quantitative estimate of drug-likeness (QED) is 0.362. The zero-order valence-corrected chi connectivity index (χ0v) is 8.93. The van der Waals surface area contributed by atoms with Crippen LogP contribution in [0.15, 0.2) is 10.4 Å². The van der Waals surface area contributed by atoms with E-state index >= 15 is 0 Å². The van der Waals surface area contributed by atoms with Crippen LogP contribution in [0.2, 0.25) is 0 Å². The van der Waals surface area contributed by atoms with Crippen LogP contribution < -0.4 is 11.5 Å². The SMILES string of the molecule is NC(N)=Nc1nc(C(=O)CBr)cs1. The van der Waals surface area contributed by atoms with Gasteiger partial charge in [-0.05, 0) is 0 Å². The van der Waals surface area contributed by atoms with Crippen molar-refractivity contribution in [2.24, 2.45) is 16.5 Å². The first-order valence-electron chi connectivity index (χ1n) is 3.28. The number of carbonyl (C=O) groups is 1. The highest BCUT2D eigenvalue weighted by molar-refractivity contribution is 9.09. The lowest BCUT2D eigenvalue weighted by molar-refractivity contribution is 0.102. The van der Waals surface area contributed by atoms with Crippen LogP contribution in [0, 0.1) is 0 Å². The normalized spacial score (nSPS) is 9.62. The van der Waals surface area contributed by atoms with Crippen molar-refractivity contribution in [2.75, 3.05) is 5.33 Å². The Labute approximate surface area is 87.0 Å². The summed E-state index contributed by atoms with van der Waals surface area (Å²) in [4.78, 5) is 18.7. The Morgan fingerprint density at radius 2 is 2.38 bits per heavy atom. The summed E-state index contributed by atoms with van der Waals surface area (Å²) in [5.41, 5.74) is 10.7. The van der Waals surface area contributed by atoms with Crippen molar-refractivity contribution in [2.45, 2.75) is 0 Å². The lowest BCUT2D eigenvalue weighted by Gasteiger charge is -1.87. The van der Waals surface area contributed by atoms with Crippen molar-refractivity contribution in [1.29, 1.82) is 0 Å². The molecule has 1 rings (SSSR count). The number of Topliss-reactive ketones (excluding diaryl/α,β-unsaturated/α-hetero) is 1. The van der Waals surface area contributed by atoms with Gasteiger partial charge in [0.25, 0.3) is 0 Å². The number of nitrogens with two attached hydrogens (primary N) is 2. The molecule has 0 spiro atoms. The number of alkyl halides is 1. The molecule has 0 bridgehead atoms. The van der Waals surface area contributed by atoms with Gasteiger partial charge in [-0.25, -0.2) is 4.98 Å². The molecule has 5 nitrogen and oxygen atoms in total. The second kappa shape index (κ2) is 4.33. The molecule has 0 saturated heterocycles. The zero-order chi connectivity index (χ0) is 9.84. The van der Waals surface area contributed by atoms with Crippen LogP contribution in [-0.4, -0.2) is 22.1 Å². The third-order valence-electron chi connectivity index (χ3n) is 1.12. The first kappa shape index (κ1) is 10.1. The zero-order valence-electron chi connectivity index (χ0n) is 6.53. The fourth-order valence-corrected chi connectivity index (χ4v) is 1.62.